The van der Waals surface area contributed by atoms with Crippen LogP contribution in [0.1, 0.15) is 26.7 Å². The number of nitro benzene ring substituents is 1. The fourth-order valence-electron chi connectivity index (χ4n) is 4.49. The number of piperidine rings is 1. The Morgan fingerprint density at radius 2 is 1.94 bits per heavy atom. The molecule has 2 aliphatic heterocycles. The van der Waals surface area contributed by atoms with Gasteiger partial charge in [0.05, 0.1) is 10.6 Å². The summed E-state index contributed by atoms with van der Waals surface area (Å²) in [6, 6.07) is 3.97. The lowest BCUT2D eigenvalue weighted by Gasteiger charge is -2.35. The van der Waals surface area contributed by atoms with Crippen LogP contribution in [0.15, 0.2) is 18.2 Å². The van der Waals surface area contributed by atoms with Crippen LogP contribution in [0.5, 0.6) is 5.75 Å². The fraction of sp³-hybridized carbons (Fsp3) is 0.609. The number of nitrogens with zero attached hydrogens (tertiary/aromatic N) is 4. The Balaban J connectivity index is 1.55. The first kappa shape index (κ1) is 25.4. The third-order valence-electron chi connectivity index (χ3n) is 6.09. The molecular weight excluding hydrogens is 442 g/mol. The molecular formula is C23H33N5O6. The van der Waals surface area contributed by atoms with Crippen molar-refractivity contribution in [1.29, 1.82) is 0 Å². The molecule has 0 saturated carbocycles. The van der Waals surface area contributed by atoms with Gasteiger partial charge in [0.1, 0.15) is 12.3 Å². The molecule has 1 N–H and O–H groups in total. The van der Waals surface area contributed by atoms with Crippen LogP contribution < -0.4 is 15.0 Å². The van der Waals surface area contributed by atoms with Crippen molar-refractivity contribution in [1.82, 2.24) is 15.1 Å². The van der Waals surface area contributed by atoms with E-state index in [0.29, 0.717) is 38.2 Å². The van der Waals surface area contributed by atoms with Crippen molar-refractivity contribution in [2.75, 3.05) is 58.3 Å². The third kappa shape index (κ3) is 6.22. The Morgan fingerprint density at radius 1 is 1.26 bits per heavy atom. The quantitative estimate of drug-likeness (QED) is 0.443. The number of hydrogen-bond donors (Lipinski definition) is 1. The third-order valence-corrected chi connectivity index (χ3v) is 6.09. The summed E-state index contributed by atoms with van der Waals surface area (Å²) in [7, 11) is 4.00. The van der Waals surface area contributed by atoms with Gasteiger partial charge in [0.15, 0.2) is 6.61 Å². The summed E-state index contributed by atoms with van der Waals surface area (Å²) in [5.74, 6) is -0.531. The van der Waals surface area contributed by atoms with E-state index in [1.54, 1.807) is 4.90 Å². The first-order valence-corrected chi connectivity index (χ1v) is 11.4. The van der Waals surface area contributed by atoms with E-state index in [1.165, 1.54) is 23.1 Å². The molecule has 0 bridgehead atoms. The van der Waals surface area contributed by atoms with Gasteiger partial charge < -0.3 is 19.9 Å². The van der Waals surface area contributed by atoms with E-state index in [4.69, 9.17) is 4.74 Å². The van der Waals surface area contributed by atoms with Gasteiger partial charge in [-0.2, -0.15) is 0 Å². The van der Waals surface area contributed by atoms with Gasteiger partial charge in [-0.15, -0.1) is 0 Å². The lowest BCUT2D eigenvalue weighted by Crippen LogP contribution is -2.50. The molecule has 0 radical (unpaired) electrons. The molecule has 1 aromatic rings. The Labute approximate surface area is 199 Å². The maximum atomic E-state index is 12.9. The minimum atomic E-state index is -0.559. The number of amides is 3. The zero-order valence-corrected chi connectivity index (χ0v) is 20.2. The number of likely N-dealkylation sites (tertiary alicyclic amines) is 1. The monoisotopic (exact) mass is 475 g/mol. The number of fused-ring (bicyclic) bond motifs is 1. The lowest BCUT2D eigenvalue weighted by molar-refractivity contribution is -0.384. The van der Waals surface area contributed by atoms with Gasteiger partial charge in [-0.1, -0.05) is 13.8 Å². The van der Waals surface area contributed by atoms with Gasteiger partial charge in [-0.3, -0.25) is 29.4 Å². The first-order chi connectivity index (χ1) is 16.0. The highest BCUT2D eigenvalue weighted by atomic mass is 16.6. The highest BCUT2D eigenvalue weighted by Gasteiger charge is 2.33. The van der Waals surface area contributed by atoms with Crippen LogP contribution in [0.25, 0.3) is 0 Å². The summed E-state index contributed by atoms with van der Waals surface area (Å²) in [5, 5.41) is 14.2. The van der Waals surface area contributed by atoms with Crippen LogP contribution in [-0.4, -0.2) is 85.9 Å². The standard InChI is InChI=1S/C23H33N5O6/c1-23(2,15-25(3)4)14-24-22(31)16-7-9-26(10-8-16)20(29)12-27-18-11-17(28(32)33)5-6-19(18)34-13-21(27)30/h5-6,11,16H,7-10,12-15H2,1-4H3,(H,24,31). The van der Waals surface area contributed by atoms with Crippen molar-refractivity contribution in [2.24, 2.45) is 11.3 Å². The number of anilines is 1. The van der Waals surface area contributed by atoms with E-state index in [9.17, 15) is 24.5 Å². The lowest BCUT2D eigenvalue weighted by atomic mass is 9.91. The molecule has 1 aromatic carbocycles. The smallest absolute Gasteiger partial charge is 0.271 e. The van der Waals surface area contributed by atoms with Crippen LogP contribution in [0.2, 0.25) is 0 Å². The highest BCUT2D eigenvalue weighted by Crippen LogP contribution is 2.35. The number of carbonyl (C=O) groups excluding carboxylic acids is 3. The predicted octanol–water partition coefficient (Wildman–Crippen LogP) is 1.26. The number of ether oxygens (including phenoxy) is 1. The molecule has 1 fully saturated rings. The molecule has 1 saturated heterocycles. The van der Waals surface area contributed by atoms with Crippen molar-refractivity contribution in [2.45, 2.75) is 26.7 Å². The van der Waals surface area contributed by atoms with Crippen LogP contribution in [0.4, 0.5) is 11.4 Å². The maximum absolute atomic E-state index is 12.9. The molecule has 0 spiro atoms. The first-order valence-electron chi connectivity index (χ1n) is 11.4. The molecule has 11 heteroatoms. The highest BCUT2D eigenvalue weighted by molar-refractivity contribution is 6.02. The van der Waals surface area contributed by atoms with Gasteiger partial charge in [-0.05, 0) is 38.4 Å². The van der Waals surface area contributed by atoms with E-state index >= 15 is 0 Å². The Bertz CT molecular complexity index is 955. The second kappa shape index (κ2) is 10.4. The van der Waals surface area contributed by atoms with E-state index in [0.717, 1.165) is 6.54 Å². The summed E-state index contributed by atoms with van der Waals surface area (Å²) in [6.07, 6.45) is 1.09. The van der Waals surface area contributed by atoms with Gasteiger partial charge >= 0.3 is 0 Å². The van der Waals surface area contributed by atoms with Crippen LogP contribution >= 0.6 is 0 Å². The topological polar surface area (TPSA) is 125 Å². The molecule has 34 heavy (non-hydrogen) atoms. The molecule has 186 valence electrons. The number of hydrogen-bond acceptors (Lipinski definition) is 7. The Morgan fingerprint density at radius 3 is 2.56 bits per heavy atom. The number of nitrogens with one attached hydrogen (secondary N) is 1. The molecule has 3 amide bonds. The van der Waals surface area contributed by atoms with Crippen LogP contribution in [0.3, 0.4) is 0 Å². The number of non-ortho nitro benzene ring substituents is 1. The van der Waals surface area contributed by atoms with E-state index in [-0.39, 0.29) is 47.7 Å². The van der Waals surface area contributed by atoms with E-state index in [1.807, 2.05) is 14.1 Å². The van der Waals surface area contributed by atoms with Gasteiger partial charge in [-0.25, -0.2) is 0 Å². The average molecular weight is 476 g/mol. The minimum absolute atomic E-state index is 0.00326. The average Bonchev–Trinajstić information content (AvgIpc) is 2.78. The number of carbonyl (C=O) groups is 3. The molecule has 2 heterocycles. The summed E-state index contributed by atoms with van der Waals surface area (Å²) in [5.41, 5.74) is -0.0187. The normalized spacial score (nSPS) is 16.8. The van der Waals surface area contributed by atoms with Crippen molar-refractivity contribution in [3.8, 4) is 5.75 Å². The minimum Gasteiger partial charge on any atom is -0.482 e. The summed E-state index contributed by atoms with van der Waals surface area (Å²) in [4.78, 5) is 53.5. The molecule has 0 aliphatic carbocycles. The van der Waals surface area contributed by atoms with Crippen molar-refractivity contribution in [3.05, 3.63) is 28.3 Å². The molecule has 0 aromatic heterocycles. The van der Waals surface area contributed by atoms with Gasteiger partial charge in [0, 0.05) is 44.2 Å². The summed E-state index contributed by atoms with van der Waals surface area (Å²) < 4.78 is 5.35. The second-order valence-corrected chi connectivity index (χ2v) is 9.95. The fourth-order valence-corrected chi connectivity index (χ4v) is 4.49. The van der Waals surface area contributed by atoms with Gasteiger partial charge in [0.25, 0.3) is 11.6 Å². The maximum Gasteiger partial charge on any atom is 0.271 e. The summed E-state index contributed by atoms with van der Waals surface area (Å²) in [6.45, 7) is 6.01. The Kier molecular flexibility index (Phi) is 7.75. The van der Waals surface area contributed by atoms with Crippen molar-refractivity contribution in [3.63, 3.8) is 0 Å². The SMILES string of the molecule is CN(C)CC(C)(C)CNC(=O)C1CCN(C(=O)CN2C(=O)COc3ccc([N+](=O)[O-])cc32)CC1. The second-order valence-electron chi connectivity index (χ2n) is 9.95. The van der Waals surface area contributed by atoms with E-state index in [2.05, 4.69) is 24.1 Å². The van der Waals surface area contributed by atoms with Crippen LogP contribution in [-0.2, 0) is 14.4 Å². The van der Waals surface area contributed by atoms with Crippen LogP contribution in [0, 0.1) is 21.4 Å². The predicted molar refractivity (Wildman–Crippen MR) is 126 cm³/mol. The van der Waals surface area contributed by atoms with Gasteiger partial charge in [0.2, 0.25) is 11.8 Å². The zero-order chi connectivity index (χ0) is 25.0. The van der Waals surface area contributed by atoms with Crippen molar-refractivity contribution < 1.29 is 24.0 Å². The Hall–Kier alpha value is -3.21. The molecule has 0 unspecified atom stereocenters. The molecule has 3 rings (SSSR count). The molecule has 2 aliphatic rings. The van der Waals surface area contributed by atoms with Crippen molar-refractivity contribution >= 4 is 29.1 Å². The zero-order valence-electron chi connectivity index (χ0n) is 20.2. The largest absolute Gasteiger partial charge is 0.482 e. The molecule has 0 atom stereocenters. The summed E-state index contributed by atoms with van der Waals surface area (Å²) >= 11 is 0. The number of rotatable bonds is 8. The van der Waals surface area contributed by atoms with E-state index < -0.39 is 10.8 Å². The molecule has 11 nitrogen and oxygen atoms in total. The number of nitro groups is 1. The number of benzene rings is 1.